The summed E-state index contributed by atoms with van der Waals surface area (Å²) in [5, 5.41) is 3.19. The van der Waals surface area contributed by atoms with E-state index in [0.29, 0.717) is 19.7 Å². The van der Waals surface area contributed by atoms with Gasteiger partial charge in [-0.15, -0.1) is 0 Å². The second kappa shape index (κ2) is 7.31. The molecule has 0 amide bonds. The molecule has 102 valence electrons. The second-order valence-electron chi connectivity index (χ2n) is 4.42. The molecule has 6 heteroatoms. The quantitative estimate of drug-likeness (QED) is 0.677. The molecule has 0 aromatic rings. The summed E-state index contributed by atoms with van der Waals surface area (Å²) in [6.45, 7) is 7.30. The predicted molar refractivity (Wildman–Crippen MR) is 68.6 cm³/mol. The van der Waals surface area contributed by atoms with E-state index in [-0.39, 0.29) is 11.9 Å². The maximum absolute atomic E-state index is 12.0. The molecule has 1 atom stereocenters. The highest BCUT2D eigenvalue weighted by Gasteiger charge is 2.26. The Morgan fingerprint density at radius 3 is 2.82 bits per heavy atom. The average Bonchev–Trinajstić information content (AvgIpc) is 2.29. The van der Waals surface area contributed by atoms with E-state index in [1.165, 1.54) is 0 Å². The summed E-state index contributed by atoms with van der Waals surface area (Å²) < 4.78 is 30.9. The van der Waals surface area contributed by atoms with E-state index in [0.717, 1.165) is 25.9 Å². The average molecular weight is 264 g/mol. The van der Waals surface area contributed by atoms with Crippen LogP contribution in [0, 0.1) is 0 Å². The van der Waals surface area contributed by atoms with Crippen molar-refractivity contribution in [3.8, 4) is 0 Å². The third-order valence-electron chi connectivity index (χ3n) is 2.85. The molecule has 0 aliphatic carbocycles. The molecule has 1 aliphatic rings. The lowest BCUT2D eigenvalue weighted by Crippen LogP contribution is -2.45. The van der Waals surface area contributed by atoms with E-state index in [2.05, 4.69) is 5.32 Å². The van der Waals surface area contributed by atoms with Crippen molar-refractivity contribution < 1.29 is 13.2 Å². The summed E-state index contributed by atoms with van der Waals surface area (Å²) >= 11 is 0. The van der Waals surface area contributed by atoms with Crippen molar-refractivity contribution >= 4 is 10.0 Å². The van der Waals surface area contributed by atoms with Crippen LogP contribution in [0.4, 0.5) is 0 Å². The summed E-state index contributed by atoms with van der Waals surface area (Å²) in [6.07, 6.45) is 1.65. The molecular weight excluding hydrogens is 240 g/mol. The van der Waals surface area contributed by atoms with E-state index in [1.807, 2.05) is 13.8 Å². The van der Waals surface area contributed by atoms with Crippen molar-refractivity contribution in [1.82, 2.24) is 9.62 Å². The van der Waals surface area contributed by atoms with Gasteiger partial charge in [0.15, 0.2) is 0 Å². The first-order valence-electron chi connectivity index (χ1n) is 6.36. The fourth-order valence-corrected chi connectivity index (χ4v) is 3.50. The number of sulfonamides is 1. The summed E-state index contributed by atoms with van der Waals surface area (Å²) in [5.41, 5.74) is 0. The van der Waals surface area contributed by atoms with Crippen LogP contribution in [-0.4, -0.2) is 57.4 Å². The lowest BCUT2D eigenvalue weighted by molar-refractivity contribution is 0.0102. The molecule has 0 aromatic carbocycles. The van der Waals surface area contributed by atoms with Gasteiger partial charge in [-0.25, -0.2) is 8.42 Å². The molecule has 1 heterocycles. The number of hydrogen-bond acceptors (Lipinski definition) is 4. The molecule has 1 saturated heterocycles. The van der Waals surface area contributed by atoms with Crippen molar-refractivity contribution in [1.29, 1.82) is 0 Å². The molecule has 5 nitrogen and oxygen atoms in total. The zero-order valence-corrected chi connectivity index (χ0v) is 11.6. The van der Waals surface area contributed by atoms with Crippen molar-refractivity contribution in [3.05, 3.63) is 0 Å². The van der Waals surface area contributed by atoms with E-state index in [1.54, 1.807) is 4.31 Å². The molecule has 1 aliphatic heterocycles. The predicted octanol–water partition coefficient (Wildman–Crippen LogP) is 0.427. The summed E-state index contributed by atoms with van der Waals surface area (Å²) in [5.74, 6) is 0.255. The molecule has 1 N–H and O–H groups in total. The normalized spacial score (nSPS) is 22.8. The molecule has 17 heavy (non-hydrogen) atoms. The molecular formula is C11H24N2O3S. The highest BCUT2D eigenvalue weighted by atomic mass is 32.2. The van der Waals surface area contributed by atoms with E-state index < -0.39 is 10.0 Å². The van der Waals surface area contributed by atoms with Crippen LogP contribution in [0.2, 0.25) is 0 Å². The second-order valence-corrected chi connectivity index (χ2v) is 6.50. The molecule has 1 rings (SSSR count). The minimum atomic E-state index is -3.08. The third kappa shape index (κ3) is 5.33. The molecule has 0 bridgehead atoms. The standard InChI is InChI=1S/C11H24N2O3S/c1-3-12-6-4-5-9-17(14,15)13-7-8-16-11(2)10-13/h11-12H,3-10H2,1-2H3. The monoisotopic (exact) mass is 264 g/mol. The van der Waals surface area contributed by atoms with Gasteiger partial charge in [-0.05, 0) is 32.9 Å². The maximum Gasteiger partial charge on any atom is 0.214 e. The Labute approximate surface area is 105 Å². The number of morpholine rings is 1. The zero-order chi connectivity index (χ0) is 12.7. The largest absolute Gasteiger partial charge is 0.376 e. The lowest BCUT2D eigenvalue weighted by Gasteiger charge is -2.30. The lowest BCUT2D eigenvalue weighted by atomic mass is 10.3. The SMILES string of the molecule is CCNCCCCS(=O)(=O)N1CCOC(C)C1. The molecule has 0 radical (unpaired) electrons. The van der Waals surface area contributed by atoms with Crippen molar-refractivity contribution in [3.63, 3.8) is 0 Å². The van der Waals surface area contributed by atoms with Gasteiger partial charge in [0.05, 0.1) is 18.5 Å². The van der Waals surface area contributed by atoms with Gasteiger partial charge in [-0.1, -0.05) is 6.92 Å². The van der Waals surface area contributed by atoms with Gasteiger partial charge in [-0.3, -0.25) is 0 Å². The van der Waals surface area contributed by atoms with Crippen LogP contribution >= 0.6 is 0 Å². The Bertz CT molecular complexity index is 306. The van der Waals surface area contributed by atoms with Gasteiger partial charge in [-0.2, -0.15) is 4.31 Å². The highest BCUT2D eigenvalue weighted by molar-refractivity contribution is 7.89. The van der Waals surface area contributed by atoms with Crippen molar-refractivity contribution in [2.75, 3.05) is 38.5 Å². The smallest absolute Gasteiger partial charge is 0.214 e. The first kappa shape index (κ1) is 14.9. The number of ether oxygens (including phenoxy) is 1. The van der Waals surface area contributed by atoms with Crippen LogP contribution < -0.4 is 5.32 Å². The van der Waals surface area contributed by atoms with Crippen LogP contribution in [0.15, 0.2) is 0 Å². The number of unbranched alkanes of at least 4 members (excludes halogenated alkanes) is 1. The minimum Gasteiger partial charge on any atom is -0.376 e. The highest BCUT2D eigenvalue weighted by Crippen LogP contribution is 2.11. The van der Waals surface area contributed by atoms with Gasteiger partial charge in [0.25, 0.3) is 0 Å². The van der Waals surface area contributed by atoms with Crippen LogP contribution in [0.3, 0.4) is 0 Å². The van der Waals surface area contributed by atoms with Crippen molar-refractivity contribution in [2.45, 2.75) is 32.8 Å². The summed E-state index contributed by atoms with van der Waals surface area (Å²) in [6, 6.07) is 0. The van der Waals surface area contributed by atoms with Gasteiger partial charge in [0.2, 0.25) is 10.0 Å². The molecule has 1 fully saturated rings. The van der Waals surface area contributed by atoms with Crippen molar-refractivity contribution in [2.24, 2.45) is 0 Å². The van der Waals surface area contributed by atoms with E-state index >= 15 is 0 Å². The first-order valence-corrected chi connectivity index (χ1v) is 7.97. The molecule has 0 saturated carbocycles. The Hall–Kier alpha value is -0.170. The minimum absolute atomic E-state index is 0.0142. The molecule has 0 spiro atoms. The van der Waals surface area contributed by atoms with E-state index in [9.17, 15) is 8.42 Å². The Kier molecular flexibility index (Phi) is 6.40. The van der Waals surface area contributed by atoms with Gasteiger partial charge in [0.1, 0.15) is 0 Å². The molecule has 1 unspecified atom stereocenters. The maximum atomic E-state index is 12.0. The van der Waals surface area contributed by atoms with E-state index in [4.69, 9.17) is 4.74 Å². The van der Waals surface area contributed by atoms with Crippen LogP contribution in [0.5, 0.6) is 0 Å². The van der Waals surface area contributed by atoms with Crippen LogP contribution in [0.1, 0.15) is 26.7 Å². The number of hydrogen-bond donors (Lipinski definition) is 1. The topological polar surface area (TPSA) is 58.6 Å². The van der Waals surface area contributed by atoms with Gasteiger partial charge < -0.3 is 10.1 Å². The number of nitrogens with one attached hydrogen (secondary N) is 1. The Balaban J connectivity index is 2.29. The van der Waals surface area contributed by atoms with Crippen LogP contribution in [-0.2, 0) is 14.8 Å². The fraction of sp³-hybridized carbons (Fsp3) is 1.00. The fourth-order valence-electron chi connectivity index (χ4n) is 1.88. The summed E-state index contributed by atoms with van der Waals surface area (Å²) in [4.78, 5) is 0. The first-order chi connectivity index (χ1) is 8.06. The van der Waals surface area contributed by atoms with Gasteiger partial charge >= 0.3 is 0 Å². The third-order valence-corrected chi connectivity index (χ3v) is 4.78. The Morgan fingerprint density at radius 1 is 1.41 bits per heavy atom. The molecule has 0 aromatic heterocycles. The summed E-state index contributed by atoms with van der Waals surface area (Å²) in [7, 11) is -3.08. The van der Waals surface area contributed by atoms with Crippen LogP contribution in [0.25, 0.3) is 0 Å². The number of rotatable bonds is 7. The zero-order valence-electron chi connectivity index (χ0n) is 10.8. The van der Waals surface area contributed by atoms with Gasteiger partial charge in [0, 0.05) is 13.1 Å². The number of nitrogens with zero attached hydrogens (tertiary/aromatic N) is 1. The Morgan fingerprint density at radius 2 is 2.18 bits per heavy atom.